The van der Waals surface area contributed by atoms with Gasteiger partial charge in [0.05, 0.1) is 67.0 Å². The number of aliphatic hydroxyl groups is 3. The Morgan fingerprint density at radius 1 is 0.900 bits per heavy atom. The van der Waals surface area contributed by atoms with Crippen LogP contribution in [0.25, 0.3) is 0 Å². The number of rotatable bonds is 13. The molecule has 0 aromatic carbocycles. The van der Waals surface area contributed by atoms with Gasteiger partial charge in [0, 0.05) is 68.3 Å². The lowest BCUT2D eigenvalue weighted by Gasteiger charge is -2.54. The molecule has 6 aliphatic rings. The van der Waals surface area contributed by atoms with Gasteiger partial charge in [0.1, 0.15) is 0 Å². The molecule has 0 aliphatic carbocycles. The number of carbonyl (C=O) groups excluding carboxylic acids is 1. The summed E-state index contributed by atoms with van der Waals surface area (Å²) in [5.74, 6) is -7.02. The van der Waals surface area contributed by atoms with Crippen molar-refractivity contribution in [2.75, 3.05) is 13.7 Å². The fraction of sp³-hybridized carbons (Fsp3) is 0.913. The molecule has 344 valence electrons. The zero-order chi connectivity index (χ0) is 44.1. The smallest absolute Gasteiger partial charge is 0.306 e. The topological polar surface area (TPSA) is 189 Å². The van der Waals surface area contributed by atoms with Gasteiger partial charge in [-0.2, -0.15) is 0 Å². The van der Waals surface area contributed by atoms with Crippen LogP contribution in [0, 0.1) is 47.3 Å². The molecule has 0 bridgehead atoms. The molecule has 6 saturated heterocycles. The second-order valence-corrected chi connectivity index (χ2v) is 20.2. The Balaban J connectivity index is 1.23. The Bertz CT molecular complexity index is 1530. The van der Waals surface area contributed by atoms with Crippen LogP contribution >= 0.6 is 0 Å². The third-order valence-corrected chi connectivity index (χ3v) is 15.6. The predicted octanol–water partition coefficient (Wildman–Crippen LogP) is 5.76. The summed E-state index contributed by atoms with van der Waals surface area (Å²) in [5.41, 5.74) is -0.866. The van der Waals surface area contributed by atoms with E-state index in [4.69, 9.17) is 37.9 Å². The zero-order valence-electron chi connectivity index (χ0n) is 37.9. The molecule has 6 rings (SSSR count). The number of ketones is 1. The number of ether oxygens (including phenoxy) is 8. The molecule has 0 amide bonds. The first-order chi connectivity index (χ1) is 28.1. The van der Waals surface area contributed by atoms with Gasteiger partial charge in [0.15, 0.2) is 29.4 Å². The van der Waals surface area contributed by atoms with Crippen LogP contribution in [-0.2, 0) is 47.5 Å². The third kappa shape index (κ3) is 9.46. The maximum atomic E-state index is 13.0. The van der Waals surface area contributed by atoms with Gasteiger partial charge in [-0.05, 0) is 57.9 Å². The van der Waals surface area contributed by atoms with E-state index in [2.05, 4.69) is 20.8 Å². The first kappa shape index (κ1) is 47.9. The number of allylic oxidation sites excluding steroid dienone is 1. The van der Waals surface area contributed by atoms with Crippen molar-refractivity contribution < 1.29 is 67.9 Å². The van der Waals surface area contributed by atoms with Gasteiger partial charge >= 0.3 is 5.97 Å². The summed E-state index contributed by atoms with van der Waals surface area (Å²) >= 11 is 0. The van der Waals surface area contributed by atoms with E-state index in [0.29, 0.717) is 38.5 Å². The molecule has 6 fully saturated rings. The van der Waals surface area contributed by atoms with Crippen LogP contribution < -0.4 is 0 Å². The summed E-state index contributed by atoms with van der Waals surface area (Å²) in [6, 6.07) is 0. The summed E-state index contributed by atoms with van der Waals surface area (Å²) < 4.78 is 53.7. The van der Waals surface area contributed by atoms with E-state index in [-0.39, 0.29) is 72.4 Å². The Hall–Kier alpha value is -1.56. The fourth-order valence-electron chi connectivity index (χ4n) is 11.3. The summed E-state index contributed by atoms with van der Waals surface area (Å²) in [4.78, 5) is 24.4. The van der Waals surface area contributed by atoms with Crippen LogP contribution in [0.3, 0.4) is 0 Å². The van der Waals surface area contributed by atoms with Gasteiger partial charge in [-0.15, -0.1) is 0 Å². The van der Waals surface area contributed by atoms with E-state index in [0.717, 1.165) is 6.42 Å². The summed E-state index contributed by atoms with van der Waals surface area (Å²) in [6.45, 7) is 19.0. The van der Waals surface area contributed by atoms with Crippen molar-refractivity contribution in [2.24, 2.45) is 47.3 Å². The maximum absolute atomic E-state index is 13.0. The van der Waals surface area contributed by atoms with Crippen LogP contribution in [0.1, 0.15) is 127 Å². The number of carboxylic acid groups (broad SMARTS) is 1. The molecule has 14 nitrogen and oxygen atoms in total. The minimum Gasteiger partial charge on any atom is -0.481 e. The van der Waals surface area contributed by atoms with Crippen molar-refractivity contribution in [3.63, 3.8) is 0 Å². The lowest BCUT2D eigenvalue weighted by atomic mass is 9.76. The Morgan fingerprint density at radius 2 is 1.62 bits per heavy atom. The molecule has 14 heteroatoms. The Labute approximate surface area is 357 Å². The number of aliphatic hydroxyl groups excluding tert-OH is 2. The van der Waals surface area contributed by atoms with Crippen LogP contribution in [0.5, 0.6) is 0 Å². The molecular formula is C46H76O14. The van der Waals surface area contributed by atoms with E-state index in [1.54, 1.807) is 27.0 Å². The van der Waals surface area contributed by atoms with Crippen molar-refractivity contribution in [1.29, 1.82) is 0 Å². The lowest BCUT2D eigenvalue weighted by Crippen LogP contribution is -2.63. The van der Waals surface area contributed by atoms with E-state index >= 15 is 0 Å². The largest absolute Gasteiger partial charge is 0.481 e. The van der Waals surface area contributed by atoms with E-state index in [9.17, 15) is 30.0 Å². The first-order valence-electron chi connectivity index (χ1n) is 22.8. The summed E-state index contributed by atoms with van der Waals surface area (Å²) in [5, 5.41) is 42.3. The first-order valence-corrected chi connectivity index (χ1v) is 22.8. The molecule has 21 atom stereocenters. The zero-order valence-corrected chi connectivity index (χ0v) is 37.9. The van der Waals surface area contributed by atoms with Gasteiger partial charge in [-0.25, -0.2) is 0 Å². The molecule has 6 heterocycles. The molecule has 60 heavy (non-hydrogen) atoms. The van der Waals surface area contributed by atoms with Gasteiger partial charge in [0.25, 0.3) is 0 Å². The number of methoxy groups -OCH3 is 1. The van der Waals surface area contributed by atoms with Crippen molar-refractivity contribution in [1.82, 2.24) is 0 Å². The predicted molar refractivity (Wildman–Crippen MR) is 219 cm³/mol. The highest BCUT2D eigenvalue weighted by Crippen LogP contribution is 2.56. The van der Waals surface area contributed by atoms with Crippen molar-refractivity contribution >= 4 is 11.8 Å². The number of carbonyl (C=O) groups is 2. The molecule has 0 aromatic rings. The van der Waals surface area contributed by atoms with Crippen LogP contribution in [0.15, 0.2) is 12.2 Å². The van der Waals surface area contributed by atoms with Crippen LogP contribution in [0.2, 0.25) is 0 Å². The molecule has 4 N–H and O–H groups in total. The summed E-state index contributed by atoms with van der Waals surface area (Å²) in [7, 11) is 1.70. The second kappa shape index (κ2) is 18.5. The minimum absolute atomic E-state index is 0.0120. The molecule has 0 saturated carbocycles. The van der Waals surface area contributed by atoms with Crippen molar-refractivity contribution in [3.8, 4) is 0 Å². The number of hydrogen-bond acceptors (Lipinski definition) is 13. The average molecular weight is 853 g/mol. The van der Waals surface area contributed by atoms with Gasteiger partial charge in [0.2, 0.25) is 0 Å². The molecule has 6 aliphatic heterocycles. The Morgan fingerprint density at radius 3 is 2.27 bits per heavy atom. The number of aliphatic carboxylic acids is 1. The van der Waals surface area contributed by atoms with Gasteiger partial charge < -0.3 is 58.3 Å². The van der Waals surface area contributed by atoms with Crippen LogP contribution in [0.4, 0.5) is 0 Å². The minimum atomic E-state index is -1.66. The highest BCUT2D eigenvalue weighted by Gasteiger charge is 2.65. The number of carboxylic acids is 1. The normalized spacial score (nSPS) is 49.0. The van der Waals surface area contributed by atoms with Gasteiger partial charge in [-0.1, -0.05) is 61.5 Å². The maximum Gasteiger partial charge on any atom is 0.306 e. The van der Waals surface area contributed by atoms with Gasteiger partial charge in [-0.3, -0.25) is 9.59 Å². The quantitative estimate of drug-likeness (QED) is 0.164. The standard InChI is InChI=1S/C46H76O14/c1-24(12-13-33(48)25(2)18-27(4)42(50)51)40-30(7)34(49)22-44(58-40)17-16-43(10,60-44)38-21-36(55-39-15-14-35(53-11)32(9)54-39)31(8)46(57-38)29(6)20-37(56-46)41-26(3)19-28(5)45(52,23-47)59-41/h12-13,24-32,34-41,47,49,52H,14-23H2,1-11H3,(H,50,51)/b13-12+/t24-,25+,26-,27-,28+,29-,30+,31+,32+,34-,35-,36-,37+,38+,39+,40+,41-,43-,44+,45-,46-/m0/s1. The van der Waals surface area contributed by atoms with E-state index < -0.39 is 84.2 Å². The SMILES string of the molecule is CO[C@H]1CC[C@@H](O[C@H]2C[C@H]([C@]3(C)CC[C@]4(C[C@H](O)[C@@H](C)[C@@H]([C@@H](C)/C=C/C(=O)[C@H](C)C[C@H](C)C(=O)O)O4)O3)O[C@]3(O[C@@H]([C@H]4O[C@@](O)(CO)[C@H](C)C[C@@H]4C)C[C@@H]3C)[C@@H]2C)O[C@@H]1C. The number of hydrogen-bond donors (Lipinski definition) is 4. The van der Waals surface area contributed by atoms with E-state index in [1.165, 1.54) is 6.08 Å². The van der Waals surface area contributed by atoms with Crippen molar-refractivity contribution in [3.05, 3.63) is 12.2 Å². The Kier molecular flexibility index (Phi) is 14.8. The lowest BCUT2D eigenvalue weighted by molar-refractivity contribution is -0.390. The monoisotopic (exact) mass is 853 g/mol. The molecule has 2 spiro atoms. The van der Waals surface area contributed by atoms with Crippen LogP contribution in [-0.4, -0.2) is 124 Å². The highest BCUT2D eigenvalue weighted by molar-refractivity contribution is 5.91. The fourth-order valence-corrected chi connectivity index (χ4v) is 11.3. The van der Waals surface area contributed by atoms with E-state index in [1.807, 2.05) is 34.6 Å². The second-order valence-electron chi connectivity index (χ2n) is 20.2. The highest BCUT2D eigenvalue weighted by atomic mass is 16.8. The average Bonchev–Trinajstić information content (AvgIpc) is 3.70. The molecule has 0 aromatic heterocycles. The molecule has 0 radical (unpaired) electrons. The molecule has 0 unspecified atom stereocenters. The molecular weight excluding hydrogens is 776 g/mol. The third-order valence-electron chi connectivity index (χ3n) is 15.6. The summed E-state index contributed by atoms with van der Waals surface area (Å²) in [6.07, 6.45) is 4.71. The van der Waals surface area contributed by atoms with Crippen molar-refractivity contribution in [2.45, 2.75) is 205 Å².